The van der Waals surface area contributed by atoms with Gasteiger partial charge < -0.3 is 9.64 Å². The van der Waals surface area contributed by atoms with Gasteiger partial charge in [-0.1, -0.05) is 76.8 Å². The van der Waals surface area contributed by atoms with E-state index in [-0.39, 0.29) is 13.2 Å². The minimum absolute atomic E-state index is 0.253. The third kappa shape index (κ3) is 8.14. The van der Waals surface area contributed by atoms with Crippen molar-refractivity contribution in [2.45, 2.75) is 96.2 Å². The van der Waals surface area contributed by atoms with Crippen LogP contribution in [0.1, 0.15) is 99.9 Å². The van der Waals surface area contributed by atoms with E-state index in [1.165, 1.54) is 62.0 Å². The average Bonchev–Trinajstić information content (AvgIpc) is 3.26. The summed E-state index contributed by atoms with van der Waals surface area (Å²) < 4.78 is 45.2. The van der Waals surface area contributed by atoms with Gasteiger partial charge in [0.1, 0.15) is 6.04 Å². The van der Waals surface area contributed by atoms with E-state index in [0.29, 0.717) is 12.8 Å². The standard InChI is InChI=1S/C25H36F3NO3/c1-2-3-4-5-6-7-8-9-10-13-19-32-24(31)22-17-14-18-29(22)23(30)20-15-11-12-16-21(20)25(26,27)28/h11-12,15-16,22H,2-10,13-14,17-19H2,1H3. The van der Waals surface area contributed by atoms with Gasteiger partial charge in [-0.15, -0.1) is 0 Å². The molecule has 1 aromatic carbocycles. The number of carbonyl (C=O) groups is 2. The quantitative estimate of drug-likeness (QED) is 0.243. The Morgan fingerprint density at radius 2 is 1.56 bits per heavy atom. The number of ether oxygens (including phenoxy) is 1. The van der Waals surface area contributed by atoms with Crippen molar-refractivity contribution in [2.75, 3.05) is 13.2 Å². The summed E-state index contributed by atoms with van der Waals surface area (Å²) in [6.07, 6.45) is 8.08. The number of carbonyl (C=O) groups excluding carboxylic acids is 2. The minimum Gasteiger partial charge on any atom is -0.464 e. The Balaban J connectivity index is 1.74. The van der Waals surface area contributed by atoms with Crippen molar-refractivity contribution in [3.63, 3.8) is 0 Å². The summed E-state index contributed by atoms with van der Waals surface area (Å²) in [5.74, 6) is -1.28. The molecule has 1 aromatic rings. The second-order valence-electron chi connectivity index (χ2n) is 8.55. The number of likely N-dealkylation sites (tertiary alicyclic amines) is 1. The monoisotopic (exact) mass is 455 g/mol. The maximum atomic E-state index is 13.3. The topological polar surface area (TPSA) is 46.6 Å². The van der Waals surface area contributed by atoms with Crippen molar-refractivity contribution in [1.82, 2.24) is 4.90 Å². The predicted molar refractivity (Wildman–Crippen MR) is 118 cm³/mol. The second-order valence-corrected chi connectivity index (χ2v) is 8.55. The number of halogens is 3. The molecule has 180 valence electrons. The van der Waals surface area contributed by atoms with Crippen LogP contribution in [-0.4, -0.2) is 36.0 Å². The fourth-order valence-electron chi connectivity index (χ4n) is 4.18. The highest BCUT2D eigenvalue weighted by Gasteiger charge is 2.40. The fourth-order valence-corrected chi connectivity index (χ4v) is 4.18. The number of unbranched alkanes of at least 4 members (excludes halogenated alkanes) is 9. The largest absolute Gasteiger partial charge is 0.464 e. The van der Waals surface area contributed by atoms with Crippen LogP contribution < -0.4 is 0 Å². The van der Waals surface area contributed by atoms with E-state index in [2.05, 4.69) is 6.92 Å². The molecule has 1 heterocycles. The number of benzene rings is 1. The van der Waals surface area contributed by atoms with Gasteiger partial charge >= 0.3 is 12.1 Å². The van der Waals surface area contributed by atoms with Gasteiger partial charge in [0.2, 0.25) is 0 Å². The van der Waals surface area contributed by atoms with Gasteiger partial charge in [-0.25, -0.2) is 4.79 Å². The molecule has 0 aliphatic carbocycles. The summed E-state index contributed by atoms with van der Waals surface area (Å²) >= 11 is 0. The zero-order chi connectivity index (χ0) is 23.4. The third-order valence-corrected chi connectivity index (χ3v) is 5.99. The number of amides is 1. The number of esters is 1. The first-order valence-corrected chi connectivity index (χ1v) is 12.0. The normalized spacial score (nSPS) is 16.4. The maximum absolute atomic E-state index is 13.3. The lowest BCUT2D eigenvalue weighted by atomic mass is 10.1. The Morgan fingerprint density at radius 3 is 2.19 bits per heavy atom. The maximum Gasteiger partial charge on any atom is 0.417 e. The van der Waals surface area contributed by atoms with Crippen LogP contribution in [0, 0.1) is 0 Å². The van der Waals surface area contributed by atoms with Crippen molar-refractivity contribution in [3.05, 3.63) is 35.4 Å². The van der Waals surface area contributed by atoms with E-state index < -0.39 is 35.2 Å². The molecule has 4 nitrogen and oxygen atoms in total. The molecule has 1 amide bonds. The highest BCUT2D eigenvalue weighted by Crippen LogP contribution is 2.33. The van der Waals surface area contributed by atoms with Crippen LogP contribution in [0.2, 0.25) is 0 Å². The summed E-state index contributed by atoms with van der Waals surface area (Å²) in [5, 5.41) is 0. The van der Waals surface area contributed by atoms with Crippen LogP contribution in [0.3, 0.4) is 0 Å². The Morgan fingerprint density at radius 1 is 0.969 bits per heavy atom. The van der Waals surface area contributed by atoms with E-state index in [4.69, 9.17) is 4.74 Å². The van der Waals surface area contributed by atoms with Gasteiger partial charge in [-0.05, 0) is 31.4 Å². The Bertz CT molecular complexity index is 721. The second kappa shape index (κ2) is 13.5. The number of alkyl halides is 3. The number of hydrogen-bond donors (Lipinski definition) is 0. The number of rotatable bonds is 13. The first-order chi connectivity index (χ1) is 15.4. The molecule has 1 aliphatic heterocycles. The Hall–Kier alpha value is -2.05. The summed E-state index contributed by atoms with van der Waals surface area (Å²) in [6.45, 7) is 2.75. The van der Waals surface area contributed by atoms with E-state index in [1.807, 2.05) is 0 Å². The first-order valence-electron chi connectivity index (χ1n) is 12.0. The Kier molecular flexibility index (Phi) is 11.0. The summed E-state index contributed by atoms with van der Waals surface area (Å²) in [4.78, 5) is 26.5. The minimum atomic E-state index is -4.63. The molecule has 2 rings (SSSR count). The molecule has 1 unspecified atom stereocenters. The summed E-state index contributed by atoms with van der Waals surface area (Å²) in [6, 6.07) is 3.89. The van der Waals surface area contributed by atoms with Crippen molar-refractivity contribution in [2.24, 2.45) is 0 Å². The molecular weight excluding hydrogens is 419 g/mol. The van der Waals surface area contributed by atoms with Gasteiger partial charge in [-0.3, -0.25) is 4.79 Å². The molecule has 0 radical (unpaired) electrons. The van der Waals surface area contributed by atoms with Crippen LogP contribution in [0.4, 0.5) is 13.2 Å². The van der Waals surface area contributed by atoms with E-state index in [9.17, 15) is 22.8 Å². The SMILES string of the molecule is CCCCCCCCCCCCOC(=O)C1CCCN1C(=O)c1ccccc1C(F)(F)F. The van der Waals surface area contributed by atoms with E-state index in [0.717, 1.165) is 31.4 Å². The fraction of sp³-hybridized carbons (Fsp3) is 0.680. The summed E-state index contributed by atoms with van der Waals surface area (Å²) in [7, 11) is 0. The van der Waals surface area contributed by atoms with Crippen LogP contribution in [0.15, 0.2) is 24.3 Å². The van der Waals surface area contributed by atoms with Gasteiger partial charge in [0.25, 0.3) is 5.91 Å². The molecule has 1 atom stereocenters. The van der Waals surface area contributed by atoms with Gasteiger partial charge in [0, 0.05) is 6.54 Å². The van der Waals surface area contributed by atoms with Crippen molar-refractivity contribution in [3.8, 4) is 0 Å². The van der Waals surface area contributed by atoms with Gasteiger partial charge in [0.15, 0.2) is 0 Å². The van der Waals surface area contributed by atoms with E-state index >= 15 is 0 Å². The number of nitrogens with zero attached hydrogens (tertiary/aromatic N) is 1. The van der Waals surface area contributed by atoms with Crippen molar-refractivity contribution in [1.29, 1.82) is 0 Å². The molecule has 32 heavy (non-hydrogen) atoms. The highest BCUT2D eigenvalue weighted by atomic mass is 19.4. The predicted octanol–water partition coefficient (Wildman–Crippen LogP) is 6.77. The van der Waals surface area contributed by atoms with Gasteiger partial charge in [0.05, 0.1) is 17.7 Å². The van der Waals surface area contributed by atoms with Crippen molar-refractivity contribution < 1.29 is 27.5 Å². The third-order valence-electron chi connectivity index (χ3n) is 5.99. The number of hydrogen-bond acceptors (Lipinski definition) is 3. The van der Waals surface area contributed by atoms with Crippen LogP contribution in [0.5, 0.6) is 0 Å². The lowest BCUT2D eigenvalue weighted by Crippen LogP contribution is -2.42. The molecule has 0 saturated carbocycles. The smallest absolute Gasteiger partial charge is 0.417 e. The lowest BCUT2D eigenvalue weighted by molar-refractivity contribution is -0.148. The molecule has 1 fully saturated rings. The molecule has 0 aromatic heterocycles. The average molecular weight is 456 g/mol. The molecule has 1 saturated heterocycles. The van der Waals surface area contributed by atoms with E-state index in [1.54, 1.807) is 0 Å². The molecule has 0 bridgehead atoms. The van der Waals surface area contributed by atoms with Crippen molar-refractivity contribution >= 4 is 11.9 Å². The van der Waals surface area contributed by atoms with Crippen LogP contribution in [-0.2, 0) is 15.7 Å². The molecule has 0 N–H and O–H groups in total. The lowest BCUT2D eigenvalue weighted by Gasteiger charge is -2.24. The zero-order valence-corrected chi connectivity index (χ0v) is 19.1. The molecule has 0 spiro atoms. The highest BCUT2D eigenvalue weighted by molar-refractivity contribution is 5.98. The molecule has 7 heteroatoms. The molecule has 1 aliphatic rings. The van der Waals surface area contributed by atoms with Gasteiger partial charge in [-0.2, -0.15) is 13.2 Å². The van der Waals surface area contributed by atoms with Crippen LogP contribution >= 0.6 is 0 Å². The summed E-state index contributed by atoms with van der Waals surface area (Å²) in [5.41, 5.74) is -1.40. The molecular formula is C25H36F3NO3. The zero-order valence-electron chi connectivity index (χ0n) is 19.1. The Labute approximate surface area is 189 Å². The first kappa shape index (κ1) is 26.2. The van der Waals surface area contributed by atoms with Crippen LogP contribution in [0.25, 0.3) is 0 Å².